The Morgan fingerprint density at radius 2 is 2.05 bits per heavy atom. The zero-order valence-corrected chi connectivity index (χ0v) is 10.8. The molecule has 0 aliphatic carbocycles. The Kier molecular flexibility index (Phi) is 3.41. The Labute approximate surface area is 113 Å². The Balaban J connectivity index is 2.38. The van der Waals surface area contributed by atoms with Gasteiger partial charge in [0.05, 0.1) is 17.3 Å². The van der Waals surface area contributed by atoms with Crippen LogP contribution < -0.4 is 16.0 Å². The van der Waals surface area contributed by atoms with Crippen molar-refractivity contribution in [2.24, 2.45) is 0 Å². The number of nitriles is 1. The Morgan fingerprint density at radius 1 is 1.30 bits per heavy atom. The van der Waals surface area contributed by atoms with Crippen LogP contribution >= 0.6 is 0 Å². The predicted octanol–water partition coefficient (Wildman–Crippen LogP) is 0.0246. The first-order chi connectivity index (χ1) is 9.42. The van der Waals surface area contributed by atoms with Crippen LogP contribution in [-0.2, 0) is 10.0 Å². The van der Waals surface area contributed by atoms with Gasteiger partial charge in [0.2, 0.25) is 0 Å². The van der Waals surface area contributed by atoms with Crippen LogP contribution in [0.1, 0.15) is 5.56 Å². The van der Waals surface area contributed by atoms with Crippen molar-refractivity contribution in [1.82, 2.24) is 10.2 Å². The van der Waals surface area contributed by atoms with E-state index in [9.17, 15) is 13.2 Å². The molecule has 8 nitrogen and oxygen atoms in total. The first-order valence-corrected chi connectivity index (χ1v) is 6.79. The number of hydrogen-bond acceptors (Lipinski definition) is 6. The maximum atomic E-state index is 12.1. The van der Waals surface area contributed by atoms with Crippen LogP contribution in [0.3, 0.4) is 0 Å². The van der Waals surface area contributed by atoms with Gasteiger partial charge < -0.3 is 5.73 Å². The van der Waals surface area contributed by atoms with E-state index in [1.54, 1.807) is 0 Å². The SMILES string of the molecule is N#Cc1ccc(S(=O)(=O)Nc2ccc(=O)[nH]n2)c(N)c1. The molecule has 0 spiro atoms. The highest BCUT2D eigenvalue weighted by Crippen LogP contribution is 2.21. The largest absolute Gasteiger partial charge is 0.398 e. The maximum Gasteiger partial charge on any atom is 0.265 e. The summed E-state index contributed by atoms with van der Waals surface area (Å²) in [6.45, 7) is 0. The van der Waals surface area contributed by atoms with Gasteiger partial charge in [-0.3, -0.25) is 9.52 Å². The van der Waals surface area contributed by atoms with E-state index in [2.05, 4.69) is 14.9 Å². The molecule has 1 aromatic carbocycles. The van der Waals surface area contributed by atoms with E-state index in [-0.39, 0.29) is 22.0 Å². The Bertz CT molecular complexity index is 831. The first-order valence-electron chi connectivity index (χ1n) is 5.30. The monoisotopic (exact) mass is 291 g/mol. The molecule has 1 heterocycles. The van der Waals surface area contributed by atoms with E-state index in [4.69, 9.17) is 11.0 Å². The molecule has 2 aromatic rings. The molecule has 0 aliphatic rings. The molecule has 1 aromatic heterocycles. The zero-order chi connectivity index (χ0) is 14.8. The van der Waals surface area contributed by atoms with Crippen molar-refractivity contribution in [3.05, 3.63) is 46.2 Å². The number of benzene rings is 1. The molecular formula is C11H9N5O3S. The smallest absolute Gasteiger partial charge is 0.265 e. The topological polar surface area (TPSA) is 142 Å². The second-order valence-electron chi connectivity index (χ2n) is 3.78. The Hall–Kier alpha value is -2.86. The third kappa shape index (κ3) is 2.76. The minimum Gasteiger partial charge on any atom is -0.398 e. The molecule has 0 unspecified atom stereocenters. The van der Waals surface area contributed by atoms with Crippen LogP contribution in [0.15, 0.2) is 40.0 Å². The number of nitrogens with zero attached hydrogens (tertiary/aromatic N) is 2. The molecule has 0 bridgehead atoms. The van der Waals surface area contributed by atoms with Gasteiger partial charge in [-0.05, 0) is 24.3 Å². The van der Waals surface area contributed by atoms with E-state index >= 15 is 0 Å². The van der Waals surface area contributed by atoms with Crippen molar-refractivity contribution in [3.63, 3.8) is 0 Å². The summed E-state index contributed by atoms with van der Waals surface area (Å²) in [6.07, 6.45) is 0. The molecule has 9 heteroatoms. The van der Waals surface area contributed by atoms with E-state index in [0.717, 1.165) is 6.07 Å². The third-order valence-corrected chi connectivity index (χ3v) is 3.78. The molecule has 20 heavy (non-hydrogen) atoms. The first kappa shape index (κ1) is 13.6. The van der Waals surface area contributed by atoms with Crippen molar-refractivity contribution >= 4 is 21.5 Å². The normalized spacial score (nSPS) is 10.8. The van der Waals surface area contributed by atoms with Gasteiger partial charge in [0.1, 0.15) is 4.90 Å². The van der Waals surface area contributed by atoms with Gasteiger partial charge in [-0.2, -0.15) is 10.4 Å². The number of H-pyrrole nitrogens is 1. The molecular weight excluding hydrogens is 282 g/mol. The van der Waals surface area contributed by atoms with Gasteiger partial charge in [0.15, 0.2) is 5.82 Å². The van der Waals surface area contributed by atoms with Crippen molar-refractivity contribution in [2.45, 2.75) is 4.90 Å². The van der Waals surface area contributed by atoms with Gasteiger partial charge in [-0.1, -0.05) is 0 Å². The lowest BCUT2D eigenvalue weighted by Crippen LogP contribution is -2.17. The average molecular weight is 291 g/mol. The standard InChI is InChI=1S/C11H9N5O3S/c12-6-7-1-2-9(8(13)5-7)20(18,19)16-10-3-4-11(17)15-14-10/h1-5H,13H2,(H,14,16)(H,15,17). The molecule has 102 valence electrons. The van der Waals surface area contributed by atoms with Gasteiger partial charge in [-0.25, -0.2) is 13.5 Å². The quantitative estimate of drug-likeness (QED) is 0.681. The number of aromatic amines is 1. The highest BCUT2D eigenvalue weighted by atomic mass is 32.2. The molecule has 0 radical (unpaired) electrons. The van der Waals surface area contributed by atoms with E-state index < -0.39 is 15.6 Å². The highest BCUT2D eigenvalue weighted by molar-refractivity contribution is 7.92. The molecule has 2 rings (SSSR count). The molecule has 0 saturated carbocycles. The summed E-state index contributed by atoms with van der Waals surface area (Å²) < 4.78 is 26.4. The summed E-state index contributed by atoms with van der Waals surface area (Å²) in [5.41, 5.74) is 5.36. The van der Waals surface area contributed by atoms with Crippen molar-refractivity contribution in [3.8, 4) is 6.07 Å². The molecule has 4 N–H and O–H groups in total. The second-order valence-corrected chi connectivity index (χ2v) is 5.43. The summed E-state index contributed by atoms with van der Waals surface area (Å²) in [7, 11) is -3.95. The number of nitrogen functional groups attached to an aromatic ring is 1. The number of sulfonamides is 1. The maximum absolute atomic E-state index is 12.1. The van der Waals surface area contributed by atoms with Crippen LogP contribution in [0.5, 0.6) is 0 Å². The lowest BCUT2D eigenvalue weighted by molar-refractivity contribution is 0.601. The van der Waals surface area contributed by atoms with Crippen molar-refractivity contribution in [1.29, 1.82) is 5.26 Å². The fourth-order valence-corrected chi connectivity index (χ4v) is 2.57. The number of nitrogens with two attached hydrogens (primary N) is 1. The van der Waals surface area contributed by atoms with Crippen LogP contribution in [0.2, 0.25) is 0 Å². The summed E-state index contributed by atoms with van der Waals surface area (Å²) in [6, 6.07) is 8.03. The zero-order valence-electron chi connectivity index (χ0n) is 9.99. The number of nitrogens with one attached hydrogen (secondary N) is 2. The molecule has 0 fully saturated rings. The third-order valence-electron chi connectivity index (χ3n) is 2.35. The number of aromatic nitrogens is 2. The number of rotatable bonds is 3. The van der Waals surface area contributed by atoms with Crippen LogP contribution in [0.4, 0.5) is 11.5 Å². The van der Waals surface area contributed by atoms with E-state index in [0.29, 0.717) is 0 Å². The van der Waals surface area contributed by atoms with E-state index in [1.807, 2.05) is 6.07 Å². The molecule has 0 atom stereocenters. The van der Waals surface area contributed by atoms with Crippen molar-refractivity contribution in [2.75, 3.05) is 10.5 Å². The van der Waals surface area contributed by atoms with Gasteiger partial charge >= 0.3 is 0 Å². The van der Waals surface area contributed by atoms with Crippen LogP contribution in [-0.4, -0.2) is 18.6 Å². The van der Waals surface area contributed by atoms with Crippen molar-refractivity contribution < 1.29 is 8.42 Å². The van der Waals surface area contributed by atoms with Gasteiger partial charge in [-0.15, -0.1) is 0 Å². The molecule has 0 aliphatic heterocycles. The van der Waals surface area contributed by atoms with Crippen LogP contribution in [0.25, 0.3) is 0 Å². The fourth-order valence-electron chi connectivity index (χ4n) is 1.46. The minimum absolute atomic E-state index is 0.0478. The average Bonchev–Trinajstić information content (AvgIpc) is 2.40. The van der Waals surface area contributed by atoms with Gasteiger partial charge in [0, 0.05) is 6.07 Å². The lowest BCUT2D eigenvalue weighted by atomic mass is 10.2. The molecule has 0 saturated heterocycles. The summed E-state index contributed by atoms with van der Waals surface area (Å²) in [5, 5.41) is 14.3. The summed E-state index contributed by atoms with van der Waals surface area (Å²) in [5.74, 6) is -0.0478. The predicted molar refractivity (Wildman–Crippen MR) is 71.2 cm³/mol. The molecule has 0 amide bonds. The summed E-state index contributed by atoms with van der Waals surface area (Å²) in [4.78, 5) is 10.7. The van der Waals surface area contributed by atoms with E-state index in [1.165, 1.54) is 24.3 Å². The minimum atomic E-state index is -3.95. The van der Waals surface area contributed by atoms with Crippen LogP contribution in [0, 0.1) is 11.3 Å². The fraction of sp³-hybridized carbons (Fsp3) is 0. The lowest BCUT2D eigenvalue weighted by Gasteiger charge is -2.09. The second kappa shape index (κ2) is 5.02. The number of hydrogen-bond donors (Lipinski definition) is 3. The highest BCUT2D eigenvalue weighted by Gasteiger charge is 2.18. The number of anilines is 2. The summed E-state index contributed by atoms with van der Waals surface area (Å²) >= 11 is 0. The van der Waals surface area contributed by atoms with Gasteiger partial charge in [0.25, 0.3) is 15.6 Å². The Morgan fingerprint density at radius 3 is 2.60 bits per heavy atom.